The molecule has 1 fully saturated rings. The van der Waals surface area contributed by atoms with Gasteiger partial charge in [-0.15, -0.1) is 0 Å². The second kappa shape index (κ2) is 7.97. The molecule has 1 aromatic carbocycles. The number of amides is 2. The Labute approximate surface area is 149 Å². The number of benzene rings is 1. The van der Waals surface area contributed by atoms with Gasteiger partial charge in [0.05, 0.1) is 4.90 Å². The van der Waals surface area contributed by atoms with Crippen molar-refractivity contribution in [2.75, 3.05) is 26.2 Å². The number of hydrogen-bond donors (Lipinski definition) is 1. The Bertz CT molecular complexity index is 740. The quantitative estimate of drug-likeness (QED) is 0.843. The molecule has 1 aliphatic heterocycles. The van der Waals surface area contributed by atoms with E-state index in [1.165, 1.54) is 23.4 Å². The molecule has 0 spiro atoms. The summed E-state index contributed by atoms with van der Waals surface area (Å²) in [7, 11) is -3.69. The van der Waals surface area contributed by atoms with E-state index in [0.717, 1.165) is 6.42 Å². The summed E-state index contributed by atoms with van der Waals surface area (Å²) < 4.78 is 27.0. The maximum absolute atomic E-state index is 12.8. The third kappa shape index (κ3) is 4.58. The maximum Gasteiger partial charge on any atom is 0.251 e. The van der Waals surface area contributed by atoms with Gasteiger partial charge >= 0.3 is 0 Å². The molecule has 1 N–H and O–H groups in total. The number of carbonyl (C=O) groups is 2. The normalized spacial score (nSPS) is 17.2. The first-order valence-corrected chi connectivity index (χ1v) is 9.86. The van der Waals surface area contributed by atoms with Gasteiger partial charge in [-0.2, -0.15) is 4.31 Å². The van der Waals surface area contributed by atoms with Crippen molar-refractivity contribution in [3.05, 3.63) is 29.8 Å². The molecule has 0 bridgehead atoms. The first-order valence-electron chi connectivity index (χ1n) is 8.42. The summed E-state index contributed by atoms with van der Waals surface area (Å²) in [6.07, 6.45) is 0.796. The molecule has 2 amide bonds. The van der Waals surface area contributed by atoms with Crippen molar-refractivity contribution in [2.24, 2.45) is 0 Å². The van der Waals surface area contributed by atoms with Crippen LogP contribution in [0, 0.1) is 0 Å². The minimum atomic E-state index is -3.69. The van der Waals surface area contributed by atoms with E-state index in [4.69, 9.17) is 0 Å². The Balaban J connectivity index is 2.16. The smallest absolute Gasteiger partial charge is 0.251 e. The standard InChI is InChI=1S/C17H25N3O4S/c1-4-13(2)18-17(22)15-6-5-7-16(12-15)25(23,24)20-10-8-19(9-11-20)14(3)21/h5-7,12-13H,4,8-11H2,1-3H3,(H,18,22). The van der Waals surface area contributed by atoms with E-state index in [1.54, 1.807) is 17.0 Å². The largest absolute Gasteiger partial charge is 0.350 e. The molecule has 1 aromatic rings. The van der Waals surface area contributed by atoms with Gasteiger partial charge in [0, 0.05) is 44.7 Å². The molecule has 1 heterocycles. The molecular formula is C17H25N3O4S. The topological polar surface area (TPSA) is 86.8 Å². The summed E-state index contributed by atoms with van der Waals surface area (Å²) >= 11 is 0. The lowest BCUT2D eigenvalue weighted by molar-refractivity contribution is -0.129. The lowest BCUT2D eigenvalue weighted by Gasteiger charge is -2.33. The van der Waals surface area contributed by atoms with Crippen LogP contribution in [0.2, 0.25) is 0 Å². The van der Waals surface area contributed by atoms with Crippen molar-refractivity contribution >= 4 is 21.8 Å². The lowest BCUT2D eigenvalue weighted by Crippen LogP contribution is -2.49. The zero-order valence-electron chi connectivity index (χ0n) is 14.9. The van der Waals surface area contributed by atoms with Crippen LogP contribution in [-0.4, -0.2) is 61.7 Å². The van der Waals surface area contributed by atoms with Gasteiger partial charge in [-0.25, -0.2) is 8.42 Å². The predicted octanol–water partition coefficient (Wildman–Crippen LogP) is 1.07. The van der Waals surface area contributed by atoms with Crippen molar-refractivity contribution in [1.29, 1.82) is 0 Å². The highest BCUT2D eigenvalue weighted by Crippen LogP contribution is 2.19. The average Bonchev–Trinajstić information content (AvgIpc) is 2.61. The van der Waals surface area contributed by atoms with Gasteiger partial charge in [0.25, 0.3) is 5.91 Å². The monoisotopic (exact) mass is 367 g/mol. The van der Waals surface area contributed by atoms with Gasteiger partial charge in [-0.05, 0) is 31.5 Å². The number of sulfonamides is 1. The van der Waals surface area contributed by atoms with Gasteiger partial charge in [0.1, 0.15) is 0 Å². The Morgan fingerprint density at radius 2 is 1.84 bits per heavy atom. The van der Waals surface area contributed by atoms with Crippen LogP contribution in [0.1, 0.15) is 37.6 Å². The van der Waals surface area contributed by atoms with Crippen LogP contribution in [0.25, 0.3) is 0 Å². The number of nitrogens with zero attached hydrogens (tertiary/aromatic N) is 2. The van der Waals surface area contributed by atoms with Crippen LogP contribution in [-0.2, 0) is 14.8 Å². The Morgan fingerprint density at radius 3 is 2.40 bits per heavy atom. The van der Waals surface area contributed by atoms with Crippen LogP contribution in [0.5, 0.6) is 0 Å². The summed E-state index contributed by atoms with van der Waals surface area (Å²) in [5.41, 5.74) is 0.323. The van der Waals surface area contributed by atoms with Gasteiger partial charge in [-0.1, -0.05) is 13.0 Å². The van der Waals surface area contributed by atoms with Crippen molar-refractivity contribution in [3.63, 3.8) is 0 Å². The van der Waals surface area contributed by atoms with E-state index in [2.05, 4.69) is 5.32 Å². The van der Waals surface area contributed by atoms with E-state index in [1.807, 2.05) is 13.8 Å². The van der Waals surface area contributed by atoms with Crippen LogP contribution < -0.4 is 5.32 Å². The highest BCUT2D eigenvalue weighted by molar-refractivity contribution is 7.89. The van der Waals surface area contributed by atoms with Crippen LogP contribution in [0.4, 0.5) is 0 Å². The Hall–Kier alpha value is -1.93. The zero-order chi connectivity index (χ0) is 18.6. The number of nitrogens with one attached hydrogen (secondary N) is 1. The predicted molar refractivity (Wildman–Crippen MR) is 94.7 cm³/mol. The van der Waals surface area contributed by atoms with Gasteiger partial charge in [-0.3, -0.25) is 9.59 Å². The van der Waals surface area contributed by atoms with Crippen molar-refractivity contribution in [2.45, 2.75) is 38.1 Å². The molecule has 8 heteroatoms. The molecule has 138 valence electrons. The lowest BCUT2D eigenvalue weighted by atomic mass is 10.2. The molecule has 1 unspecified atom stereocenters. The molecule has 1 atom stereocenters. The van der Waals surface area contributed by atoms with Crippen molar-refractivity contribution < 1.29 is 18.0 Å². The van der Waals surface area contributed by atoms with E-state index in [9.17, 15) is 18.0 Å². The fourth-order valence-corrected chi connectivity index (χ4v) is 4.07. The minimum Gasteiger partial charge on any atom is -0.350 e. The molecule has 0 saturated carbocycles. The molecule has 1 saturated heterocycles. The number of rotatable bonds is 5. The van der Waals surface area contributed by atoms with Crippen molar-refractivity contribution in [1.82, 2.24) is 14.5 Å². The molecule has 1 aliphatic rings. The van der Waals surface area contributed by atoms with E-state index in [0.29, 0.717) is 18.7 Å². The van der Waals surface area contributed by atoms with Gasteiger partial charge in [0.2, 0.25) is 15.9 Å². The highest BCUT2D eigenvalue weighted by Gasteiger charge is 2.29. The van der Waals surface area contributed by atoms with Gasteiger partial charge in [0.15, 0.2) is 0 Å². The fraction of sp³-hybridized carbons (Fsp3) is 0.529. The molecule has 0 aliphatic carbocycles. The van der Waals surface area contributed by atoms with E-state index >= 15 is 0 Å². The second-order valence-corrected chi connectivity index (χ2v) is 8.16. The van der Waals surface area contributed by atoms with E-state index in [-0.39, 0.29) is 35.8 Å². The minimum absolute atomic E-state index is 0.0208. The number of piperazine rings is 1. The highest BCUT2D eigenvalue weighted by atomic mass is 32.2. The fourth-order valence-electron chi connectivity index (χ4n) is 2.60. The van der Waals surface area contributed by atoms with Crippen LogP contribution in [0.3, 0.4) is 0 Å². The summed E-state index contributed by atoms with van der Waals surface area (Å²) in [6, 6.07) is 6.10. The second-order valence-electron chi connectivity index (χ2n) is 6.22. The summed E-state index contributed by atoms with van der Waals surface area (Å²) in [5.74, 6) is -0.339. The van der Waals surface area contributed by atoms with Crippen LogP contribution in [0.15, 0.2) is 29.2 Å². The van der Waals surface area contributed by atoms with E-state index < -0.39 is 10.0 Å². The zero-order valence-corrected chi connectivity index (χ0v) is 15.7. The SMILES string of the molecule is CCC(C)NC(=O)c1cccc(S(=O)(=O)N2CCN(C(C)=O)CC2)c1. The molecule has 2 rings (SSSR count). The Morgan fingerprint density at radius 1 is 1.20 bits per heavy atom. The number of carbonyl (C=O) groups excluding carboxylic acids is 2. The summed E-state index contributed by atoms with van der Waals surface area (Å²) in [5, 5.41) is 2.83. The summed E-state index contributed by atoms with van der Waals surface area (Å²) in [6.45, 7) is 6.60. The van der Waals surface area contributed by atoms with Crippen molar-refractivity contribution in [3.8, 4) is 0 Å². The number of hydrogen-bond acceptors (Lipinski definition) is 4. The summed E-state index contributed by atoms with van der Waals surface area (Å²) in [4.78, 5) is 25.3. The first-order chi connectivity index (χ1) is 11.8. The molecule has 25 heavy (non-hydrogen) atoms. The third-order valence-corrected chi connectivity index (χ3v) is 6.30. The van der Waals surface area contributed by atoms with Crippen LogP contribution >= 0.6 is 0 Å². The van der Waals surface area contributed by atoms with Gasteiger partial charge < -0.3 is 10.2 Å². The third-order valence-electron chi connectivity index (χ3n) is 4.41. The molecule has 0 radical (unpaired) electrons. The Kier molecular flexibility index (Phi) is 6.18. The first kappa shape index (κ1) is 19.4. The maximum atomic E-state index is 12.8. The molecular weight excluding hydrogens is 342 g/mol. The molecule has 0 aromatic heterocycles. The average molecular weight is 367 g/mol. The molecule has 7 nitrogen and oxygen atoms in total.